The Morgan fingerprint density at radius 2 is 0.540 bits per heavy atom. The number of hydrogen-bond donors (Lipinski definition) is 0. The highest BCUT2D eigenvalue weighted by molar-refractivity contribution is 6.78. The van der Waals surface area contributed by atoms with Crippen molar-refractivity contribution in [3.8, 4) is 0 Å². The van der Waals surface area contributed by atoms with Crippen molar-refractivity contribution in [2.24, 2.45) is 71.0 Å². The third-order valence-electron chi connectivity index (χ3n) is 34.4. The Balaban J connectivity index is 0.000000142. The van der Waals surface area contributed by atoms with Crippen molar-refractivity contribution in [1.29, 1.82) is 0 Å². The third-order valence-corrected chi connectivity index (χ3v) is 54.5. The van der Waals surface area contributed by atoms with E-state index in [4.69, 9.17) is 0 Å². The van der Waals surface area contributed by atoms with Gasteiger partial charge in [-0.3, -0.25) is 0 Å². The molecular formula is C116H180N4Si4. The van der Waals surface area contributed by atoms with Crippen LogP contribution in [0.1, 0.15) is 319 Å². The lowest BCUT2D eigenvalue weighted by Gasteiger charge is -2.57. The molecule has 8 heteroatoms. The minimum absolute atomic E-state index is 0.115. The van der Waals surface area contributed by atoms with Crippen molar-refractivity contribution < 1.29 is 0 Å². The summed E-state index contributed by atoms with van der Waals surface area (Å²) in [6.45, 7) is 109. The van der Waals surface area contributed by atoms with Crippen LogP contribution in [0.5, 0.6) is 0 Å². The summed E-state index contributed by atoms with van der Waals surface area (Å²) in [6.07, 6.45) is 27.2. The number of benzene rings is 4. The van der Waals surface area contributed by atoms with Crippen molar-refractivity contribution in [2.45, 2.75) is 415 Å². The van der Waals surface area contributed by atoms with Gasteiger partial charge in [0.25, 0.3) is 0 Å². The smallest absolute Gasteiger partial charge is 0.127 e. The SMILES string of the molecule is CC1(C)C2=CC3CCC([Si](C)(C)N(C(C)(C)C)C(C)(C)C)C3C=C2c2ccccc21.CC1C(C)C([Si](C)(C)N(C(C)(C)C)C(C)(C)C)C2C=C3C(=CC12)C(C)(C)c1ccccc13.CC1CC([Si](C)(C)N(C(C)(C)C)C(C)(C)C)C2C=C3C(=CC12)C(C)(C)c1ccccc13.CC1CC2C=C3C(=CC2C1[Si](C)(C)N(C(C)(C)C)C(C)(C)C)c1ccccc1C3(C)C. The summed E-state index contributed by atoms with van der Waals surface area (Å²) in [5.41, 5.74) is 29.6. The van der Waals surface area contributed by atoms with Crippen molar-refractivity contribution in [2.75, 3.05) is 0 Å². The molecule has 4 saturated carbocycles. The highest BCUT2D eigenvalue weighted by Crippen LogP contribution is 2.68. The van der Waals surface area contributed by atoms with Crippen LogP contribution in [0, 0.1) is 71.0 Å². The van der Waals surface area contributed by atoms with Crippen LogP contribution in [0.25, 0.3) is 22.3 Å². The molecule has 680 valence electrons. The second-order valence-corrected chi connectivity index (χ2v) is 72.3. The Morgan fingerprint density at radius 1 is 0.258 bits per heavy atom. The zero-order chi connectivity index (χ0) is 92.6. The first-order chi connectivity index (χ1) is 56.3. The molecule has 0 bridgehead atoms. The predicted octanol–water partition coefficient (Wildman–Crippen LogP) is 32.2. The van der Waals surface area contributed by atoms with Crippen LogP contribution in [0.3, 0.4) is 0 Å². The van der Waals surface area contributed by atoms with Crippen LogP contribution in [0.15, 0.2) is 168 Å². The van der Waals surface area contributed by atoms with Gasteiger partial charge >= 0.3 is 0 Å². The maximum Gasteiger partial charge on any atom is 0.127 e. The summed E-state index contributed by atoms with van der Waals surface area (Å²) in [5, 5.41) is 0. The maximum absolute atomic E-state index is 2.95. The zero-order valence-corrected chi connectivity index (χ0v) is 91.7. The summed E-state index contributed by atoms with van der Waals surface area (Å²) < 4.78 is 11.8. The third kappa shape index (κ3) is 16.3. The molecule has 0 N–H and O–H groups in total. The molecule has 0 saturated heterocycles. The van der Waals surface area contributed by atoms with Crippen molar-refractivity contribution in [1.82, 2.24) is 18.3 Å². The zero-order valence-electron chi connectivity index (χ0n) is 87.7. The van der Waals surface area contributed by atoms with Gasteiger partial charge in [-0.2, -0.15) is 0 Å². The lowest BCUT2D eigenvalue weighted by Crippen LogP contribution is -2.67. The van der Waals surface area contributed by atoms with Gasteiger partial charge in [0.1, 0.15) is 32.9 Å². The van der Waals surface area contributed by atoms with E-state index < -0.39 is 32.9 Å². The van der Waals surface area contributed by atoms with E-state index in [1.165, 1.54) is 70.2 Å². The van der Waals surface area contributed by atoms with Crippen molar-refractivity contribution in [3.05, 3.63) is 212 Å². The van der Waals surface area contributed by atoms with E-state index >= 15 is 0 Å². The summed E-state index contributed by atoms with van der Waals surface area (Å²) >= 11 is 0. The molecule has 4 aromatic rings. The van der Waals surface area contributed by atoms with Crippen molar-refractivity contribution >= 4 is 55.2 Å². The summed E-state index contributed by atoms with van der Waals surface area (Å²) in [4.78, 5) is 0. The topological polar surface area (TPSA) is 13.0 Å². The van der Waals surface area contributed by atoms with E-state index in [1.807, 2.05) is 0 Å². The van der Waals surface area contributed by atoms with Crippen LogP contribution in [0.2, 0.25) is 74.5 Å². The fourth-order valence-electron chi connectivity index (χ4n) is 33.7. The minimum Gasteiger partial charge on any atom is -0.314 e. The molecule has 0 aliphatic heterocycles. The van der Waals surface area contributed by atoms with E-state index in [9.17, 15) is 0 Å². The Kier molecular flexibility index (Phi) is 24.7. The Bertz CT molecular complexity index is 4910. The molecule has 0 spiro atoms. The molecule has 0 radical (unpaired) electrons. The molecule has 16 unspecified atom stereocenters. The summed E-state index contributed by atoms with van der Waals surface area (Å²) in [7, 11) is -6.97. The Labute approximate surface area is 766 Å². The van der Waals surface area contributed by atoms with Gasteiger partial charge in [0, 0.05) is 66.0 Å². The molecule has 16 atom stereocenters. The number of nitrogens with zero attached hydrogens (tertiary/aromatic N) is 4. The average molecular weight is 1740 g/mol. The molecule has 0 aromatic heterocycles. The molecule has 0 heterocycles. The van der Waals surface area contributed by atoms with Gasteiger partial charge in [0.15, 0.2) is 0 Å². The molecule has 12 aliphatic rings. The second-order valence-electron chi connectivity index (χ2n) is 54.4. The second kappa shape index (κ2) is 31.6. The van der Waals surface area contributed by atoms with Crippen LogP contribution in [-0.4, -0.2) is 95.5 Å². The first-order valence-electron chi connectivity index (χ1n) is 49.7. The maximum atomic E-state index is 2.95. The highest BCUT2D eigenvalue weighted by atomic mass is 28.3. The quantitative estimate of drug-likeness (QED) is 0.163. The molecule has 4 fully saturated rings. The Morgan fingerprint density at radius 3 is 0.895 bits per heavy atom. The molecule has 16 rings (SSSR count). The molecular weight excluding hydrogens is 1560 g/mol. The molecule has 4 nitrogen and oxygen atoms in total. The highest BCUT2D eigenvalue weighted by Gasteiger charge is 2.63. The summed E-state index contributed by atoms with van der Waals surface area (Å²) in [6, 6.07) is 36.6. The van der Waals surface area contributed by atoms with Gasteiger partial charge in [0.2, 0.25) is 0 Å². The normalized spacial score (nSPS) is 29.9. The van der Waals surface area contributed by atoms with E-state index in [2.05, 4.69) is 466 Å². The molecule has 4 aromatic carbocycles. The van der Waals surface area contributed by atoms with Crippen LogP contribution in [-0.2, 0) is 21.7 Å². The first kappa shape index (κ1) is 97.0. The Hall–Kier alpha value is -4.49. The lowest BCUT2D eigenvalue weighted by atomic mass is 9.75. The van der Waals surface area contributed by atoms with E-state index in [0.29, 0.717) is 41.4 Å². The fraction of sp³-hybridized carbons (Fsp3) is 0.655. The van der Waals surface area contributed by atoms with Gasteiger partial charge in [-0.15, -0.1) is 0 Å². The van der Waals surface area contributed by atoms with Crippen LogP contribution < -0.4 is 0 Å². The van der Waals surface area contributed by atoms with E-state index in [0.717, 1.165) is 51.8 Å². The van der Waals surface area contributed by atoms with E-state index in [-0.39, 0.29) is 66.0 Å². The number of rotatable bonds is 8. The average Bonchev–Trinajstić information content (AvgIpc) is 1.54. The first-order valence-corrected chi connectivity index (χ1v) is 61.8. The summed E-state index contributed by atoms with van der Waals surface area (Å²) in [5.74, 6) is 8.44. The lowest BCUT2D eigenvalue weighted by molar-refractivity contribution is 0.120. The van der Waals surface area contributed by atoms with E-state index in [1.54, 1.807) is 44.6 Å². The largest absolute Gasteiger partial charge is 0.314 e. The van der Waals surface area contributed by atoms with Crippen LogP contribution >= 0.6 is 0 Å². The monoisotopic (exact) mass is 1740 g/mol. The van der Waals surface area contributed by atoms with Gasteiger partial charge in [-0.25, -0.2) is 0 Å². The molecule has 124 heavy (non-hydrogen) atoms. The van der Waals surface area contributed by atoms with Gasteiger partial charge in [-0.05, 0) is 368 Å². The number of allylic oxidation sites excluding steroid dienone is 16. The van der Waals surface area contributed by atoms with Crippen LogP contribution in [0.4, 0.5) is 0 Å². The minimum atomic E-state index is -1.80. The van der Waals surface area contributed by atoms with Gasteiger partial charge < -0.3 is 18.3 Å². The fourth-order valence-corrected chi connectivity index (χ4v) is 58.8. The molecule has 12 aliphatic carbocycles. The van der Waals surface area contributed by atoms with Crippen molar-refractivity contribution in [3.63, 3.8) is 0 Å². The number of hydrogen-bond acceptors (Lipinski definition) is 4. The van der Waals surface area contributed by atoms with Gasteiger partial charge in [-0.1, -0.05) is 288 Å². The van der Waals surface area contributed by atoms with Gasteiger partial charge in [0.05, 0.1) is 0 Å². The predicted molar refractivity (Wildman–Crippen MR) is 555 cm³/mol. The number of fused-ring (bicyclic) bond motifs is 16. The standard InChI is InChI=1S/C30H47NSi.2C29H45NSi.C28H43NSi/c1-19-20(2)27(32(11,12)31(28(3,4)5)29(6,7)8)24-17-23-21-15-13-14-16-25(21)30(9,10)26(23)18-22(19)24;1-19-16-20-17-25-23(21-14-12-13-15-24(21)29(25,8)9)18-22(20)26(19)31(10,11)30(27(2,3)4)28(5,6)7;1-19-16-26(31(10,11)30(27(2,3)4)28(5,6)7)23-17-22-20-14-12-13-15-24(20)29(8,9)25(22)18-21(19)23;1-26(2,3)29(27(4,5)6)30(9,10)25-16-15-19-17-24-22(18-21(19)25)20-13-11-12-14-23(20)28(24,7)8/h13-20,22,24,27H,1-12H3;12-15,17-20,22,26H,16H2,1-11H3;12-15,17-19,21,23,26H,16H2,1-11H3;11-14,17-19,21,25H,15-16H2,1-10H3. The molecule has 0 amide bonds.